The molecule has 3 rings (SSSR count). The maximum absolute atomic E-state index is 13.0. The number of urea groups is 1. The predicted octanol–water partition coefficient (Wildman–Crippen LogP) is 3.04. The molecule has 1 aromatic carbocycles. The Morgan fingerprint density at radius 2 is 2.13 bits per heavy atom. The number of halogens is 2. The zero-order chi connectivity index (χ0) is 16.4. The Labute approximate surface area is 132 Å². The first-order valence-electron chi connectivity index (χ1n) is 7.46. The molecule has 0 bridgehead atoms. The fraction of sp³-hybridized carbons (Fsp3) is 0.533. The lowest BCUT2D eigenvalue weighted by Gasteiger charge is -2.27. The average Bonchev–Trinajstić information content (AvgIpc) is 2.81. The van der Waals surface area contributed by atoms with Gasteiger partial charge < -0.3 is 24.4 Å². The standard InChI is InChI=1S/C15H18F2N2O4/c1-19(9-11-4-2-3-7-21-11)14(20)18-10-5-6-12-13(8-10)23-15(16,17)22-12/h5-6,8,11H,2-4,7,9H2,1H3,(H,18,20)/t11-/m0/s1. The smallest absolute Gasteiger partial charge is 0.395 e. The predicted molar refractivity (Wildman–Crippen MR) is 77.9 cm³/mol. The van der Waals surface area contributed by atoms with Gasteiger partial charge in [-0.2, -0.15) is 0 Å². The van der Waals surface area contributed by atoms with E-state index in [1.165, 1.54) is 23.1 Å². The number of nitrogens with zero attached hydrogens (tertiary/aromatic N) is 1. The zero-order valence-corrected chi connectivity index (χ0v) is 12.7. The molecule has 2 aliphatic rings. The molecule has 1 N–H and O–H groups in total. The molecule has 0 saturated carbocycles. The van der Waals surface area contributed by atoms with Gasteiger partial charge in [0.1, 0.15) is 0 Å². The number of alkyl halides is 2. The summed E-state index contributed by atoms with van der Waals surface area (Å²) in [6.07, 6.45) is -0.559. The van der Waals surface area contributed by atoms with E-state index in [0.717, 1.165) is 25.9 Å². The Kier molecular flexibility index (Phi) is 4.25. The van der Waals surface area contributed by atoms with Crippen LogP contribution in [0.2, 0.25) is 0 Å². The third-order valence-corrected chi connectivity index (χ3v) is 3.75. The fourth-order valence-corrected chi connectivity index (χ4v) is 2.59. The zero-order valence-electron chi connectivity index (χ0n) is 12.7. The number of fused-ring (bicyclic) bond motifs is 1. The minimum absolute atomic E-state index is 0.0370. The number of anilines is 1. The van der Waals surface area contributed by atoms with Crippen molar-refractivity contribution in [2.24, 2.45) is 0 Å². The molecule has 1 saturated heterocycles. The molecule has 1 fully saturated rings. The molecule has 1 atom stereocenters. The summed E-state index contributed by atoms with van der Waals surface area (Å²) in [6, 6.07) is 3.77. The van der Waals surface area contributed by atoms with Gasteiger partial charge in [-0.1, -0.05) is 0 Å². The van der Waals surface area contributed by atoms with Crippen molar-refractivity contribution in [1.82, 2.24) is 4.90 Å². The van der Waals surface area contributed by atoms with E-state index in [1.807, 2.05) is 0 Å². The van der Waals surface area contributed by atoms with Gasteiger partial charge in [-0.25, -0.2) is 4.79 Å². The van der Waals surface area contributed by atoms with Gasteiger partial charge in [0, 0.05) is 32.0 Å². The molecule has 0 unspecified atom stereocenters. The molecule has 0 radical (unpaired) electrons. The van der Waals surface area contributed by atoms with Crippen LogP contribution in [0, 0.1) is 0 Å². The third-order valence-electron chi connectivity index (χ3n) is 3.75. The lowest BCUT2D eigenvalue weighted by molar-refractivity contribution is -0.286. The quantitative estimate of drug-likeness (QED) is 0.926. The molecule has 0 spiro atoms. The number of amides is 2. The van der Waals surface area contributed by atoms with Gasteiger partial charge in [-0.3, -0.25) is 0 Å². The van der Waals surface area contributed by atoms with Crippen molar-refractivity contribution >= 4 is 11.7 Å². The van der Waals surface area contributed by atoms with Crippen molar-refractivity contribution in [1.29, 1.82) is 0 Å². The monoisotopic (exact) mass is 328 g/mol. The highest BCUT2D eigenvalue weighted by molar-refractivity contribution is 5.89. The largest absolute Gasteiger partial charge is 0.586 e. The Morgan fingerprint density at radius 1 is 1.35 bits per heavy atom. The van der Waals surface area contributed by atoms with E-state index in [4.69, 9.17) is 4.74 Å². The Balaban J connectivity index is 1.57. The normalized spacial score (nSPS) is 21.8. The van der Waals surface area contributed by atoms with Gasteiger partial charge in [0.25, 0.3) is 0 Å². The van der Waals surface area contributed by atoms with Gasteiger partial charge in [0.15, 0.2) is 11.5 Å². The van der Waals surface area contributed by atoms with Crippen molar-refractivity contribution in [3.05, 3.63) is 18.2 Å². The van der Waals surface area contributed by atoms with E-state index >= 15 is 0 Å². The SMILES string of the molecule is CN(C[C@@H]1CCCCO1)C(=O)Nc1ccc2c(c1)OC(F)(F)O2. The molecular formula is C15H18F2N2O4. The number of nitrogens with one attached hydrogen (secondary N) is 1. The Bertz CT molecular complexity index is 591. The van der Waals surface area contributed by atoms with Crippen LogP contribution in [-0.2, 0) is 4.74 Å². The molecular weight excluding hydrogens is 310 g/mol. The summed E-state index contributed by atoms with van der Waals surface area (Å²) >= 11 is 0. The summed E-state index contributed by atoms with van der Waals surface area (Å²) in [5.41, 5.74) is 0.353. The lowest BCUT2D eigenvalue weighted by atomic mass is 10.1. The number of carbonyl (C=O) groups is 1. The number of ether oxygens (including phenoxy) is 3. The van der Waals surface area contributed by atoms with Crippen molar-refractivity contribution in [3.8, 4) is 11.5 Å². The van der Waals surface area contributed by atoms with Gasteiger partial charge in [0.2, 0.25) is 0 Å². The fourth-order valence-electron chi connectivity index (χ4n) is 2.59. The maximum Gasteiger partial charge on any atom is 0.586 e. The Morgan fingerprint density at radius 3 is 2.87 bits per heavy atom. The van der Waals surface area contributed by atoms with Gasteiger partial charge in [-0.15, -0.1) is 8.78 Å². The van der Waals surface area contributed by atoms with E-state index < -0.39 is 6.29 Å². The molecule has 0 aliphatic carbocycles. The van der Waals surface area contributed by atoms with E-state index in [9.17, 15) is 13.6 Å². The van der Waals surface area contributed by atoms with Gasteiger partial charge in [0.05, 0.1) is 6.10 Å². The first kappa shape index (κ1) is 15.8. The summed E-state index contributed by atoms with van der Waals surface area (Å²) in [4.78, 5) is 13.7. The summed E-state index contributed by atoms with van der Waals surface area (Å²) in [5, 5.41) is 2.64. The van der Waals surface area contributed by atoms with Gasteiger partial charge in [-0.05, 0) is 31.4 Å². The highest BCUT2D eigenvalue weighted by atomic mass is 19.3. The molecule has 23 heavy (non-hydrogen) atoms. The molecule has 1 aromatic rings. The third kappa shape index (κ3) is 3.82. The van der Waals surface area contributed by atoms with E-state index in [1.54, 1.807) is 7.05 Å². The van der Waals surface area contributed by atoms with Crippen LogP contribution in [-0.4, -0.2) is 43.5 Å². The Hall–Kier alpha value is -2.09. The molecule has 8 heteroatoms. The summed E-state index contributed by atoms with van der Waals surface area (Å²) in [6.45, 7) is 1.20. The van der Waals surface area contributed by atoms with Crippen LogP contribution in [0.1, 0.15) is 19.3 Å². The van der Waals surface area contributed by atoms with Gasteiger partial charge >= 0.3 is 12.3 Å². The second kappa shape index (κ2) is 6.19. The van der Waals surface area contributed by atoms with E-state index in [0.29, 0.717) is 12.2 Å². The van der Waals surface area contributed by atoms with E-state index in [2.05, 4.69) is 14.8 Å². The van der Waals surface area contributed by atoms with Crippen LogP contribution in [0.25, 0.3) is 0 Å². The van der Waals surface area contributed by atoms with Crippen LogP contribution in [0.5, 0.6) is 11.5 Å². The van der Waals surface area contributed by atoms with Crippen LogP contribution in [0.15, 0.2) is 18.2 Å². The second-order valence-corrected chi connectivity index (χ2v) is 5.63. The highest BCUT2D eigenvalue weighted by Gasteiger charge is 2.43. The van der Waals surface area contributed by atoms with Crippen molar-refractivity contribution in [3.63, 3.8) is 0 Å². The minimum Gasteiger partial charge on any atom is -0.395 e. The molecule has 2 heterocycles. The van der Waals surface area contributed by atoms with E-state index in [-0.39, 0.29) is 23.6 Å². The number of rotatable bonds is 3. The molecule has 2 aliphatic heterocycles. The lowest BCUT2D eigenvalue weighted by Crippen LogP contribution is -2.39. The summed E-state index contributed by atoms with van der Waals surface area (Å²) in [7, 11) is 1.66. The molecule has 0 aromatic heterocycles. The summed E-state index contributed by atoms with van der Waals surface area (Å²) in [5.74, 6) is -0.164. The van der Waals surface area contributed by atoms with Crippen molar-refractivity contribution < 1.29 is 27.8 Å². The van der Waals surface area contributed by atoms with Crippen molar-refractivity contribution in [2.45, 2.75) is 31.7 Å². The first-order chi connectivity index (χ1) is 10.9. The van der Waals surface area contributed by atoms with Crippen LogP contribution >= 0.6 is 0 Å². The van der Waals surface area contributed by atoms with Crippen LogP contribution < -0.4 is 14.8 Å². The first-order valence-corrected chi connectivity index (χ1v) is 7.46. The second-order valence-electron chi connectivity index (χ2n) is 5.63. The van der Waals surface area contributed by atoms with Crippen molar-refractivity contribution in [2.75, 3.05) is 25.5 Å². The molecule has 6 nitrogen and oxygen atoms in total. The highest BCUT2D eigenvalue weighted by Crippen LogP contribution is 2.42. The summed E-state index contributed by atoms with van der Waals surface area (Å²) < 4.78 is 40.2. The number of likely N-dealkylation sites (N-methyl/N-ethyl adjacent to an activating group) is 1. The number of hydrogen-bond donors (Lipinski definition) is 1. The van der Waals surface area contributed by atoms with Crippen LogP contribution in [0.3, 0.4) is 0 Å². The topological polar surface area (TPSA) is 60.0 Å². The minimum atomic E-state index is -3.67. The number of carbonyl (C=O) groups excluding carboxylic acids is 1. The van der Waals surface area contributed by atoms with Crippen LogP contribution in [0.4, 0.5) is 19.3 Å². The average molecular weight is 328 g/mol. The molecule has 126 valence electrons. The number of benzene rings is 1. The maximum atomic E-state index is 13.0. The molecule has 2 amide bonds. The number of hydrogen-bond acceptors (Lipinski definition) is 4.